The summed E-state index contributed by atoms with van der Waals surface area (Å²) in [6, 6.07) is 7.81. The molecule has 4 N–H and O–H groups in total. The number of Topliss-reactive ketones (excluding diaryl/α,β-unsaturated/α-hetero) is 1. The Morgan fingerprint density at radius 3 is 2.58 bits per heavy atom. The van der Waals surface area contributed by atoms with E-state index in [9.17, 15) is 4.79 Å². The van der Waals surface area contributed by atoms with Gasteiger partial charge in [-0.25, -0.2) is 0 Å². The van der Waals surface area contributed by atoms with Crippen molar-refractivity contribution in [2.45, 2.75) is 37.9 Å². The smallest absolute Gasteiger partial charge is 0.197 e. The van der Waals surface area contributed by atoms with Crippen molar-refractivity contribution in [2.24, 2.45) is 16.6 Å². The molecule has 6 nitrogen and oxygen atoms in total. The van der Waals surface area contributed by atoms with Crippen molar-refractivity contribution in [3.8, 4) is 0 Å². The summed E-state index contributed by atoms with van der Waals surface area (Å²) < 4.78 is 0. The van der Waals surface area contributed by atoms with Crippen LogP contribution in [0.15, 0.2) is 35.4 Å². The first-order valence-corrected chi connectivity index (χ1v) is 6.25. The average Bonchev–Trinajstić information content (AvgIpc) is 2.43. The van der Waals surface area contributed by atoms with Crippen LogP contribution in [0.2, 0.25) is 0 Å². The number of hydrogen-bond donors (Lipinski definition) is 2. The quantitative estimate of drug-likeness (QED) is 0.258. The highest BCUT2D eigenvalue weighted by atomic mass is 16.1. The summed E-state index contributed by atoms with van der Waals surface area (Å²) in [5.74, 6) is -0.415. The van der Waals surface area contributed by atoms with Gasteiger partial charge >= 0.3 is 0 Å². The van der Waals surface area contributed by atoms with Crippen molar-refractivity contribution in [2.75, 3.05) is 0 Å². The highest BCUT2D eigenvalue weighted by Crippen LogP contribution is 2.18. The number of nitrogens with two attached hydrogens (primary N) is 2. The molecule has 0 saturated carbocycles. The lowest BCUT2D eigenvalue weighted by molar-refractivity contribution is 0.0863. The molecule has 0 unspecified atom stereocenters. The second-order valence-electron chi connectivity index (χ2n) is 4.49. The zero-order chi connectivity index (χ0) is 14.3. The predicted octanol–water partition coefficient (Wildman–Crippen LogP) is 2.35. The molecule has 0 aliphatic carbocycles. The van der Waals surface area contributed by atoms with Crippen LogP contribution in [0.4, 0.5) is 0 Å². The van der Waals surface area contributed by atoms with Crippen molar-refractivity contribution >= 4 is 5.78 Å². The van der Waals surface area contributed by atoms with Gasteiger partial charge in [-0.15, -0.1) is 0 Å². The molecule has 0 amide bonds. The number of carbonyl (C=O) groups excluding carboxylic acids is 1. The fraction of sp³-hybridized carbons (Fsp3) is 0.462. The molecular formula is C13H19N5O. The van der Waals surface area contributed by atoms with Crippen molar-refractivity contribution in [1.82, 2.24) is 0 Å². The van der Waals surface area contributed by atoms with Gasteiger partial charge in [0.15, 0.2) is 5.78 Å². The lowest BCUT2D eigenvalue weighted by Crippen LogP contribution is -2.63. The van der Waals surface area contributed by atoms with Crippen LogP contribution < -0.4 is 11.5 Å². The first-order valence-electron chi connectivity index (χ1n) is 6.25. The number of benzene rings is 1. The van der Waals surface area contributed by atoms with Crippen molar-refractivity contribution in [3.05, 3.63) is 46.3 Å². The molecule has 1 atom stereocenters. The number of nitrogens with zero attached hydrogens (tertiary/aromatic N) is 3. The Labute approximate surface area is 112 Å². The summed E-state index contributed by atoms with van der Waals surface area (Å²) in [4.78, 5) is 15.1. The first-order chi connectivity index (χ1) is 9.04. The van der Waals surface area contributed by atoms with Crippen LogP contribution in [0.1, 0.15) is 36.5 Å². The SMILES string of the molecule is CCCC[C@@H](N=[N+]=[N-])C(N)(N)C(=O)c1ccccc1. The topological polar surface area (TPSA) is 118 Å². The van der Waals surface area contributed by atoms with Gasteiger partial charge in [0.25, 0.3) is 0 Å². The summed E-state index contributed by atoms with van der Waals surface area (Å²) in [6.07, 6.45) is 2.20. The van der Waals surface area contributed by atoms with Crippen molar-refractivity contribution in [1.29, 1.82) is 0 Å². The third-order valence-electron chi connectivity index (χ3n) is 3.00. The standard InChI is InChI=1S/C13H19N5O/c1-2-3-9-11(17-18-16)13(14,15)12(19)10-7-5-4-6-8-10/h4-8,11H,2-3,9,14-15H2,1H3/t11-/m1/s1. The fourth-order valence-corrected chi connectivity index (χ4v) is 1.84. The van der Waals surface area contributed by atoms with E-state index in [0.717, 1.165) is 12.8 Å². The number of hydrogen-bond acceptors (Lipinski definition) is 4. The van der Waals surface area contributed by atoms with Crippen molar-refractivity contribution < 1.29 is 4.79 Å². The minimum Gasteiger partial charge on any atom is -0.307 e. The number of ketones is 1. The Hall–Kier alpha value is -1.88. The maximum atomic E-state index is 12.3. The summed E-state index contributed by atoms with van der Waals surface area (Å²) in [7, 11) is 0. The maximum absolute atomic E-state index is 12.3. The molecule has 0 radical (unpaired) electrons. The number of rotatable bonds is 7. The molecule has 0 aliphatic heterocycles. The molecule has 19 heavy (non-hydrogen) atoms. The molecule has 0 fully saturated rings. The van der Waals surface area contributed by atoms with E-state index in [1.807, 2.05) is 6.92 Å². The molecule has 0 aliphatic rings. The van der Waals surface area contributed by atoms with Gasteiger partial charge in [0.2, 0.25) is 0 Å². The second kappa shape index (κ2) is 6.89. The lowest BCUT2D eigenvalue weighted by Gasteiger charge is -2.29. The van der Waals surface area contributed by atoms with Crippen molar-refractivity contribution in [3.63, 3.8) is 0 Å². The molecule has 0 bridgehead atoms. The normalized spacial score (nSPS) is 12.6. The number of carbonyl (C=O) groups is 1. The molecular weight excluding hydrogens is 242 g/mol. The Balaban J connectivity index is 2.98. The lowest BCUT2D eigenvalue weighted by atomic mass is 9.89. The van der Waals surface area contributed by atoms with E-state index in [1.54, 1.807) is 30.3 Å². The molecule has 1 rings (SSSR count). The molecule has 0 spiro atoms. The Morgan fingerprint density at radius 2 is 2.05 bits per heavy atom. The third-order valence-corrected chi connectivity index (χ3v) is 3.00. The first kappa shape index (κ1) is 15.2. The molecule has 1 aromatic carbocycles. The summed E-state index contributed by atoms with van der Waals surface area (Å²) in [5, 5.41) is 3.59. The number of azide groups is 1. The van der Waals surface area contributed by atoms with Gasteiger partial charge in [-0.2, -0.15) is 0 Å². The average molecular weight is 261 g/mol. The zero-order valence-electron chi connectivity index (χ0n) is 11.0. The van der Waals surface area contributed by atoms with Gasteiger partial charge in [0.05, 0.1) is 6.04 Å². The van der Waals surface area contributed by atoms with Crippen LogP contribution in [-0.2, 0) is 0 Å². The predicted molar refractivity (Wildman–Crippen MR) is 74.3 cm³/mol. The highest BCUT2D eigenvalue weighted by molar-refractivity contribution is 6.03. The summed E-state index contributed by atoms with van der Waals surface area (Å²) in [5.41, 5.74) is 19.2. The van der Waals surface area contributed by atoms with Gasteiger partial charge in [-0.3, -0.25) is 4.79 Å². The van der Waals surface area contributed by atoms with E-state index in [-0.39, 0.29) is 0 Å². The van der Waals surface area contributed by atoms with E-state index >= 15 is 0 Å². The molecule has 0 aromatic heterocycles. The van der Waals surface area contributed by atoms with Crippen LogP contribution in [0.25, 0.3) is 10.4 Å². The van der Waals surface area contributed by atoms with Crippen LogP contribution in [0, 0.1) is 0 Å². The summed E-state index contributed by atoms with van der Waals surface area (Å²) in [6.45, 7) is 2.00. The van der Waals surface area contributed by atoms with Crippen LogP contribution in [0.3, 0.4) is 0 Å². The van der Waals surface area contributed by atoms with E-state index in [0.29, 0.717) is 12.0 Å². The van der Waals surface area contributed by atoms with Crippen LogP contribution in [-0.4, -0.2) is 17.5 Å². The Morgan fingerprint density at radius 1 is 1.42 bits per heavy atom. The maximum Gasteiger partial charge on any atom is 0.197 e. The van der Waals surface area contributed by atoms with Crippen LogP contribution >= 0.6 is 0 Å². The minimum absolute atomic E-state index is 0.415. The van der Waals surface area contributed by atoms with E-state index in [2.05, 4.69) is 10.0 Å². The second-order valence-corrected chi connectivity index (χ2v) is 4.49. The van der Waals surface area contributed by atoms with Crippen LogP contribution in [0.5, 0.6) is 0 Å². The molecule has 6 heteroatoms. The highest BCUT2D eigenvalue weighted by Gasteiger charge is 2.37. The minimum atomic E-state index is -1.68. The molecule has 0 saturated heterocycles. The molecule has 0 heterocycles. The van der Waals surface area contributed by atoms with E-state index in [1.165, 1.54) is 0 Å². The van der Waals surface area contributed by atoms with Gasteiger partial charge in [0, 0.05) is 10.5 Å². The van der Waals surface area contributed by atoms with E-state index < -0.39 is 17.5 Å². The zero-order valence-corrected chi connectivity index (χ0v) is 11.0. The summed E-state index contributed by atoms with van der Waals surface area (Å²) >= 11 is 0. The van der Waals surface area contributed by atoms with Gasteiger partial charge in [-0.05, 0) is 12.0 Å². The van der Waals surface area contributed by atoms with E-state index in [4.69, 9.17) is 17.0 Å². The molecule has 102 valence electrons. The third kappa shape index (κ3) is 3.79. The van der Waals surface area contributed by atoms with Gasteiger partial charge in [-0.1, -0.05) is 55.2 Å². The Kier molecular flexibility index (Phi) is 5.51. The number of unbranched alkanes of at least 4 members (excludes halogenated alkanes) is 1. The van der Waals surface area contributed by atoms with Gasteiger partial charge < -0.3 is 11.5 Å². The fourth-order valence-electron chi connectivity index (χ4n) is 1.84. The monoisotopic (exact) mass is 261 g/mol. The molecule has 1 aromatic rings. The van der Waals surface area contributed by atoms with Gasteiger partial charge in [0.1, 0.15) is 5.66 Å². The Bertz CT molecular complexity index is 465. The largest absolute Gasteiger partial charge is 0.307 e.